The summed E-state index contributed by atoms with van der Waals surface area (Å²) < 4.78 is 12.0. The van der Waals surface area contributed by atoms with Crippen LogP contribution in [0.4, 0.5) is 6.01 Å². The monoisotopic (exact) mass is 466 g/mol. The van der Waals surface area contributed by atoms with Crippen LogP contribution in [-0.2, 0) is 24.2 Å². The number of carbonyl (C=O) groups is 1. The summed E-state index contributed by atoms with van der Waals surface area (Å²) in [6, 6.07) is 17.4. The fourth-order valence-corrected chi connectivity index (χ4v) is 4.25. The molecular weight excluding hydrogens is 444 g/mol. The van der Waals surface area contributed by atoms with Gasteiger partial charge in [-0.05, 0) is 47.9 Å². The molecule has 9 nitrogen and oxygen atoms in total. The first-order valence-electron chi connectivity index (χ1n) is 11.4. The van der Waals surface area contributed by atoms with Crippen LogP contribution in [0.5, 0.6) is 11.5 Å². The topological polar surface area (TPSA) is 118 Å². The molecule has 0 radical (unpaired) electrons. The Morgan fingerprint density at radius 1 is 1.09 bits per heavy atom. The van der Waals surface area contributed by atoms with E-state index in [1.165, 1.54) is 11.1 Å². The maximum atomic E-state index is 12.4. The molecule has 0 bridgehead atoms. The van der Waals surface area contributed by atoms with Gasteiger partial charge in [-0.2, -0.15) is 0 Å². The highest BCUT2D eigenvalue weighted by Gasteiger charge is 2.19. The summed E-state index contributed by atoms with van der Waals surface area (Å²) in [5.41, 5.74) is 4.74. The Kier molecular flexibility index (Phi) is 5.44. The van der Waals surface area contributed by atoms with E-state index in [0.29, 0.717) is 22.3 Å². The van der Waals surface area contributed by atoms with Crippen LogP contribution in [0.3, 0.4) is 0 Å². The molecule has 0 saturated heterocycles. The van der Waals surface area contributed by atoms with Gasteiger partial charge >= 0.3 is 6.01 Å². The zero-order chi connectivity index (χ0) is 23.6. The number of benzene rings is 2. The number of hydrogen-bond acceptors (Lipinski definition) is 7. The second kappa shape index (κ2) is 9.03. The molecule has 1 aliphatic heterocycles. The molecule has 174 valence electrons. The smallest absolute Gasteiger partial charge is 0.322 e. The molecule has 1 aliphatic rings. The maximum absolute atomic E-state index is 12.4. The van der Waals surface area contributed by atoms with Crippen molar-refractivity contribution >= 4 is 23.0 Å². The summed E-state index contributed by atoms with van der Waals surface area (Å²) in [6.07, 6.45) is 4.65. The maximum Gasteiger partial charge on any atom is 0.322 e. The predicted octanol–water partition coefficient (Wildman–Crippen LogP) is 4.23. The van der Waals surface area contributed by atoms with Gasteiger partial charge in [-0.15, -0.1) is 5.10 Å². The molecule has 2 aromatic carbocycles. The molecule has 0 saturated carbocycles. The van der Waals surface area contributed by atoms with Gasteiger partial charge in [0.2, 0.25) is 5.91 Å². The van der Waals surface area contributed by atoms with E-state index in [1.54, 1.807) is 18.5 Å². The summed E-state index contributed by atoms with van der Waals surface area (Å²) in [5.74, 6) is 1.37. The summed E-state index contributed by atoms with van der Waals surface area (Å²) in [6.45, 7) is 1.82. The van der Waals surface area contributed by atoms with Crippen molar-refractivity contribution in [3.8, 4) is 23.0 Å². The van der Waals surface area contributed by atoms with Crippen molar-refractivity contribution in [2.75, 3.05) is 11.9 Å². The lowest BCUT2D eigenvalue weighted by molar-refractivity contribution is -0.115. The second-order valence-corrected chi connectivity index (χ2v) is 8.32. The van der Waals surface area contributed by atoms with Crippen molar-refractivity contribution in [3.05, 3.63) is 83.7 Å². The van der Waals surface area contributed by atoms with Crippen LogP contribution >= 0.6 is 0 Å². The van der Waals surface area contributed by atoms with Gasteiger partial charge in [-0.3, -0.25) is 10.1 Å². The van der Waals surface area contributed by atoms with Gasteiger partial charge in [-0.25, -0.2) is 4.98 Å². The Morgan fingerprint density at radius 2 is 2.00 bits per heavy atom. The average Bonchev–Trinajstić information content (AvgIpc) is 3.52. The minimum Gasteiger partial charge on any atom is -0.457 e. The number of fused-ring (bicyclic) bond motifs is 2. The SMILES string of the molecule is O=C(Cc1ccccc1)Nc1nnc(-c2c[nH]c3nccc(Oc4ccc5c(c4)CNCC5)c23)o1. The molecule has 4 heterocycles. The number of carbonyl (C=O) groups excluding carboxylic acids is 1. The number of aromatic amines is 1. The summed E-state index contributed by atoms with van der Waals surface area (Å²) >= 11 is 0. The van der Waals surface area contributed by atoms with Crippen LogP contribution in [0.2, 0.25) is 0 Å². The van der Waals surface area contributed by atoms with Crippen LogP contribution in [0.15, 0.2) is 71.4 Å². The Morgan fingerprint density at radius 3 is 2.91 bits per heavy atom. The highest BCUT2D eigenvalue weighted by Crippen LogP contribution is 2.37. The Hall–Kier alpha value is -4.50. The molecule has 9 heteroatoms. The molecule has 0 atom stereocenters. The molecule has 0 unspecified atom stereocenters. The minimum atomic E-state index is -0.238. The lowest BCUT2D eigenvalue weighted by Crippen LogP contribution is -2.23. The van der Waals surface area contributed by atoms with Gasteiger partial charge in [0.05, 0.1) is 17.4 Å². The summed E-state index contributed by atoms with van der Waals surface area (Å²) in [4.78, 5) is 19.9. The molecule has 35 heavy (non-hydrogen) atoms. The summed E-state index contributed by atoms with van der Waals surface area (Å²) in [7, 11) is 0. The van der Waals surface area contributed by atoms with Gasteiger partial charge in [0.25, 0.3) is 5.89 Å². The highest BCUT2D eigenvalue weighted by atomic mass is 16.5. The number of H-pyrrole nitrogens is 1. The van der Waals surface area contributed by atoms with E-state index in [0.717, 1.165) is 30.8 Å². The molecule has 5 aromatic rings. The number of rotatable bonds is 6. The van der Waals surface area contributed by atoms with Crippen LogP contribution in [0.25, 0.3) is 22.5 Å². The first kappa shape index (κ1) is 21.1. The molecule has 0 fully saturated rings. The van der Waals surface area contributed by atoms with Crippen LogP contribution < -0.4 is 15.4 Å². The van der Waals surface area contributed by atoms with Crippen molar-refractivity contribution in [2.45, 2.75) is 19.4 Å². The van der Waals surface area contributed by atoms with E-state index in [4.69, 9.17) is 9.15 Å². The number of aromatic nitrogens is 4. The normalized spacial score (nSPS) is 12.9. The molecule has 3 N–H and O–H groups in total. The van der Waals surface area contributed by atoms with Crippen LogP contribution in [-0.4, -0.2) is 32.6 Å². The number of anilines is 1. The van der Waals surface area contributed by atoms with E-state index in [-0.39, 0.29) is 24.2 Å². The molecular formula is C26H22N6O3. The van der Waals surface area contributed by atoms with E-state index in [9.17, 15) is 4.79 Å². The van der Waals surface area contributed by atoms with Crippen LogP contribution in [0, 0.1) is 0 Å². The van der Waals surface area contributed by atoms with Gasteiger partial charge in [0.15, 0.2) is 0 Å². The Labute approximate surface area is 200 Å². The van der Waals surface area contributed by atoms with Gasteiger partial charge in [0, 0.05) is 18.9 Å². The first-order valence-corrected chi connectivity index (χ1v) is 11.4. The number of nitrogens with zero attached hydrogens (tertiary/aromatic N) is 3. The zero-order valence-corrected chi connectivity index (χ0v) is 18.7. The molecule has 0 spiro atoms. The molecule has 3 aromatic heterocycles. The first-order chi connectivity index (χ1) is 17.2. The van der Waals surface area contributed by atoms with E-state index >= 15 is 0 Å². The third-order valence-corrected chi connectivity index (χ3v) is 5.94. The minimum absolute atomic E-state index is 0.0313. The number of pyridine rings is 1. The zero-order valence-electron chi connectivity index (χ0n) is 18.7. The van der Waals surface area contributed by atoms with Crippen molar-refractivity contribution in [2.24, 2.45) is 0 Å². The number of nitrogens with one attached hydrogen (secondary N) is 3. The standard InChI is InChI=1S/C26H22N6O3/c33-22(12-16-4-2-1-3-5-16)30-26-32-31-25(35-26)20-15-29-24-23(20)21(9-11-28-24)34-19-7-6-17-8-10-27-14-18(17)13-19/h1-7,9,11,13,15,27H,8,10,12,14H2,(H,28,29)(H,30,32,33). The average molecular weight is 467 g/mol. The van der Waals surface area contributed by atoms with Crippen molar-refractivity contribution in [1.29, 1.82) is 0 Å². The molecule has 0 aliphatic carbocycles. The molecule has 6 rings (SSSR count). The van der Waals surface area contributed by atoms with E-state index in [1.807, 2.05) is 36.4 Å². The van der Waals surface area contributed by atoms with Gasteiger partial charge in [-0.1, -0.05) is 41.5 Å². The third kappa shape index (κ3) is 4.36. The number of amides is 1. The Bertz CT molecular complexity index is 1510. The Balaban J connectivity index is 1.26. The lowest BCUT2D eigenvalue weighted by Gasteiger charge is -2.18. The fraction of sp³-hybridized carbons (Fsp3) is 0.154. The van der Waals surface area contributed by atoms with Crippen molar-refractivity contribution < 1.29 is 13.9 Å². The number of ether oxygens (including phenoxy) is 1. The third-order valence-electron chi connectivity index (χ3n) is 5.94. The highest BCUT2D eigenvalue weighted by molar-refractivity contribution is 5.96. The fourth-order valence-electron chi connectivity index (χ4n) is 4.25. The van der Waals surface area contributed by atoms with Crippen molar-refractivity contribution in [1.82, 2.24) is 25.5 Å². The number of hydrogen-bond donors (Lipinski definition) is 3. The van der Waals surface area contributed by atoms with E-state index < -0.39 is 0 Å². The van der Waals surface area contributed by atoms with Gasteiger partial charge < -0.3 is 19.5 Å². The quantitative estimate of drug-likeness (QED) is 0.343. The van der Waals surface area contributed by atoms with E-state index in [2.05, 4.69) is 42.9 Å². The second-order valence-electron chi connectivity index (χ2n) is 8.32. The summed E-state index contributed by atoms with van der Waals surface area (Å²) in [5, 5.41) is 14.9. The predicted molar refractivity (Wildman–Crippen MR) is 130 cm³/mol. The molecule has 1 amide bonds. The van der Waals surface area contributed by atoms with Gasteiger partial charge in [0.1, 0.15) is 17.1 Å². The van der Waals surface area contributed by atoms with Crippen molar-refractivity contribution in [3.63, 3.8) is 0 Å². The van der Waals surface area contributed by atoms with Crippen LogP contribution in [0.1, 0.15) is 16.7 Å². The lowest BCUT2D eigenvalue weighted by atomic mass is 10.0. The largest absolute Gasteiger partial charge is 0.457 e.